The number of aliphatic hydroxyl groups is 1. The molecule has 7 unspecified atom stereocenters. The van der Waals surface area contributed by atoms with Crippen molar-refractivity contribution in [2.45, 2.75) is 104 Å². The third-order valence-electron chi connectivity index (χ3n) is 16.0. The van der Waals surface area contributed by atoms with Gasteiger partial charge in [-0.1, -0.05) is 39.3 Å². The molecule has 0 bridgehead atoms. The molecule has 3 saturated carbocycles. The minimum Gasteiger partial charge on any atom is -0.504 e. The molecular weight excluding hydrogens is 737 g/mol. The molecule has 10 heteroatoms. The van der Waals surface area contributed by atoms with Crippen molar-refractivity contribution in [3.05, 3.63) is 75.9 Å². The highest BCUT2D eigenvalue weighted by molar-refractivity contribution is 5.92. The maximum atomic E-state index is 12.3. The lowest BCUT2D eigenvalue weighted by Crippen LogP contribution is -2.62. The summed E-state index contributed by atoms with van der Waals surface area (Å²) in [6.07, 6.45) is 11.9. The summed E-state index contributed by atoms with van der Waals surface area (Å²) in [6.45, 7) is 13.5. The van der Waals surface area contributed by atoms with E-state index in [0.29, 0.717) is 45.8 Å². The Bertz CT molecular complexity index is 2280. The van der Waals surface area contributed by atoms with Crippen molar-refractivity contribution in [1.82, 2.24) is 0 Å². The molecule has 0 radical (unpaired) electrons. The molecule has 310 valence electrons. The number of aromatic hydroxyl groups is 2. The largest absolute Gasteiger partial charge is 0.504 e. The third kappa shape index (κ3) is 5.64. The molecule has 2 heterocycles. The Morgan fingerprint density at radius 3 is 2.24 bits per heavy atom. The molecule has 0 saturated heterocycles. The van der Waals surface area contributed by atoms with Crippen LogP contribution in [0.25, 0.3) is 11.6 Å². The number of carboxylic acids is 1. The maximum Gasteiger partial charge on any atom is 0.309 e. The van der Waals surface area contributed by atoms with Gasteiger partial charge in [-0.25, -0.2) is 0 Å². The molecule has 3 aromatic carbocycles. The van der Waals surface area contributed by atoms with E-state index in [1.165, 1.54) is 11.1 Å². The van der Waals surface area contributed by atoms with Crippen LogP contribution in [0.1, 0.15) is 107 Å². The predicted octanol–water partition coefficient (Wildman–Crippen LogP) is 9.37. The Labute approximate surface area is 341 Å². The molecule has 4 aliphatic carbocycles. The Morgan fingerprint density at radius 1 is 0.845 bits per heavy atom. The average molecular weight is 795 g/mol. The van der Waals surface area contributed by atoms with Gasteiger partial charge in [-0.05, 0) is 134 Å². The topological polar surface area (TPSA) is 144 Å². The van der Waals surface area contributed by atoms with Crippen LogP contribution >= 0.6 is 0 Å². The van der Waals surface area contributed by atoms with Crippen LogP contribution in [0.3, 0.4) is 0 Å². The summed E-state index contributed by atoms with van der Waals surface area (Å²) in [5.74, 6) is 1.06. The summed E-state index contributed by atoms with van der Waals surface area (Å²) >= 11 is 0. The summed E-state index contributed by atoms with van der Waals surface area (Å²) in [6, 6.07) is 10.8. The predicted molar refractivity (Wildman–Crippen MR) is 221 cm³/mol. The highest BCUT2D eigenvalue weighted by Gasteiger charge is 2.67. The molecular formula is C48H58O10. The zero-order chi connectivity index (χ0) is 41.8. The summed E-state index contributed by atoms with van der Waals surface area (Å²) in [4.78, 5) is 12.3. The van der Waals surface area contributed by atoms with Crippen molar-refractivity contribution < 1.29 is 48.9 Å². The Morgan fingerprint density at radius 2 is 1.55 bits per heavy atom. The standard InChI is InChI=1S/C29H40O4.C19H18O6/c1-17-18-7-8-21-27(4,19(18)15-20(30)23(17)31)12-14-29(6)22-16-26(3,24(32)33)10-9-25(22,2)11-13-28(21,29)5;1-21-12-5-4-11-6-14-13-8-17(22-2)18(23-3)9-16(13)24-10-19(14,20)25-15(11)7-12/h8,15,22,30-31H,7,9-14,16H2,1-6H3,(H,32,33);4-9,20H,10H2,1-3H3. The smallest absolute Gasteiger partial charge is 0.309 e. The first-order valence-corrected chi connectivity index (χ1v) is 20.5. The fourth-order valence-electron chi connectivity index (χ4n) is 12.0. The summed E-state index contributed by atoms with van der Waals surface area (Å²) < 4.78 is 27.5. The number of carboxylic acid groups (broad SMARTS) is 1. The fourth-order valence-corrected chi connectivity index (χ4v) is 12.0. The first-order valence-electron chi connectivity index (χ1n) is 20.5. The van der Waals surface area contributed by atoms with Crippen LogP contribution in [0.4, 0.5) is 0 Å². The van der Waals surface area contributed by atoms with Crippen LogP contribution in [-0.2, 0) is 16.6 Å². The van der Waals surface area contributed by atoms with E-state index < -0.39 is 17.2 Å². The molecule has 9 rings (SSSR count). The number of ether oxygens (including phenoxy) is 5. The normalized spacial score (nSPS) is 33.7. The van der Waals surface area contributed by atoms with E-state index in [1.54, 1.807) is 39.5 Å². The van der Waals surface area contributed by atoms with Crippen molar-refractivity contribution in [3.8, 4) is 40.2 Å². The molecule has 0 aromatic heterocycles. The number of allylic oxidation sites excluding steroid dienone is 2. The lowest BCUT2D eigenvalue weighted by Gasteiger charge is -2.69. The fraction of sp³-hybridized carbons (Fsp3) is 0.521. The van der Waals surface area contributed by atoms with Crippen LogP contribution in [-0.4, -0.2) is 60.1 Å². The van der Waals surface area contributed by atoms with Crippen LogP contribution in [0.2, 0.25) is 0 Å². The number of phenols is 2. The number of carbonyl (C=O) groups is 1. The van der Waals surface area contributed by atoms with Gasteiger partial charge in [0.25, 0.3) is 5.79 Å². The van der Waals surface area contributed by atoms with Gasteiger partial charge in [-0.15, -0.1) is 0 Å². The van der Waals surface area contributed by atoms with E-state index in [2.05, 4.69) is 33.8 Å². The van der Waals surface area contributed by atoms with Crippen molar-refractivity contribution in [1.29, 1.82) is 0 Å². The second kappa shape index (κ2) is 13.3. The van der Waals surface area contributed by atoms with E-state index in [4.69, 9.17) is 23.7 Å². The molecule has 3 fully saturated rings. The highest BCUT2D eigenvalue weighted by atomic mass is 16.7. The van der Waals surface area contributed by atoms with E-state index in [9.17, 15) is 25.2 Å². The number of fused-ring (bicyclic) bond motifs is 11. The van der Waals surface area contributed by atoms with Crippen molar-refractivity contribution in [2.75, 3.05) is 27.9 Å². The molecule has 3 aromatic rings. The molecule has 2 aliphatic heterocycles. The number of hydrogen-bond acceptors (Lipinski definition) is 9. The number of aliphatic carboxylic acids is 1. The maximum absolute atomic E-state index is 12.3. The van der Waals surface area contributed by atoms with E-state index in [1.807, 2.05) is 38.1 Å². The number of benzene rings is 3. The van der Waals surface area contributed by atoms with Gasteiger partial charge in [-0.2, -0.15) is 0 Å². The molecule has 4 N–H and O–H groups in total. The molecule has 0 spiro atoms. The Kier molecular flexibility index (Phi) is 9.20. The molecule has 7 atom stereocenters. The minimum atomic E-state index is -1.58. The molecule has 6 aliphatic rings. The summed E-state index contributed by atoms with van der Waals surface area (Å²) in [5, 5.41) is 41.9. The van der Waals surface area contributed by atoms with Crippen molar-refractivity contribution >= 4 is 17.6 Å². The lowest BCUT2D eigenvalue weighted by molar-refractivity contribution is -0.177. The molecule has 0 amide bonds. The monoisotopic (exact) mass is 794 g/mol. The van der Waals surface area contributed by atoms with E-state index in [0.717, 1.165) is 68.1 Å². The average Bonchev–Trinajstić information content (AvgIpc) is 3.20. The third-order valence-corrected chi connectivity index (χ3v) is 16.0. The first kappa shape index (κ1) is 40.0. The summed E-state index contributed by atoms with van der Waals surface area (Å²) in [5.41, 5.74) is 6.17. The minimum absolute atomic E-state index is 0.00431. The highest BCUT2D eigenvalue weighted by Crippen LogP contribution is 2.74. The number of hydrogen-bond donors (Lipinski definition) is 4. The van der Waals surface area contributed by atoms with E-state index in [-0.39, 0.29) is 39.8 Å². The van der Waals surface area contributed by atoms with Gasteiger partial charge in [0.2, 0.25) is 0 Å². The van der Waals surface area contributed by atoms with Crippen LogP contribution in [0, 0.1) is 34.5 Å². The van der Waals surface area contributed by atoms with Gasteiger partial charge in [0.05, 0.1) is 26.7 Å². The second-order valence-electron chi connectivity index (χ2n) is 18.9. The van der Waals surface area contributed by atoms with Gasteiger partial charge in [0, 0.05) is 34.2 Å². The van der Waals surface area contributed by atoms with Crippen molar-refractivity contribution in [3.63, 3.8) is 0 Å². The zero-order valence-electron chi connectivity index (χ0n) is 35.3. The quantitative estimate of drug-likeness (QED) is 0.149. The Hall–Kier alpha value is -4.83. The van der Waals surface area contributed by atoms with E-state index >= 15 is 0 Å². The van der Waals surface area contributed by atoms with Gasteiger partial charge in [-0.3, -0.25) is 4.79 Å². The zero-order valence-corrected chi connectivity index (χ0v) is 35.3. The van der Waals surface area contributed by atoms with Crippen molar-refractivity contribution in [2.24, 2.45) is 27.6 Å². The first-order chi connectivity index (χ1) is 27.3. The second-order valence-corrected chi connectivity index (χ2v) is 18.9. The molecule has 10 nitrogen and oxygen atoms in total. The number of methoxy groups -OCH3 is 3. The molecule has 58 heavy (non-hydrogen) atoms. The van der Waals surface area contributed by atoms with Gasteiger partial charge in [0.15, 0.2) is 29.6 Å². The van der Waals surface area contributed by atoms with Crippen LogP contribution in [0.15, 0.2) is 48.0 Å². The lowest BCUT2D eigenvalue weighted by atomic mass is 9.34. The summed E-state index contributed by atoms with van der Waals surface area (Å²) in [7, 11) is 4.71. The Balaban J connectivity index is 0.000000168. The number of phenolic OH excluding ortho intramolecular Hbond substituents is 2. The van der Waals surface area contributed by atoms with Gasteiger partial charge in [0.1, 0.15) is 17.2 Å². The van der Waals surface area contributed by atoms with Gasteiger partial charge >= 0.3 is 5.97 Å². The SMILES string of the molecule is COc1ccc2c(c1)OC1(O)COc3cc(OC)c(OC)cc3C1=C2.Cc1c(O)c(O)cc2c1CC=C1C2(C)CCC2(C)C3CC(C)(C(=O)O)CCC3(C)CCC12C. The number of rotatable bonds is 4. The van der Waals surface area contributed by atoms with Crippen LogP contribution < -0.4 is 23.7 Å². The van der Waals surface area contributed by atoms with Gasteiger partial charge < -0.3 is 44.1 Å². The van der Waals surface area contributed by atoms with Crippen LogP contribution in [0.5, 0.6) is 40.2 Å².